The maximum Gasteiger partial charge on any atom is 0.354 e. The third-order valence-electron chi connectivity index (χ3n) is 5.61. The molecular formula is C26H21ClN6O5. The molecular weight excluding hydrogens is 512 g/mol. The fourth-order valence-corrected chi connectivity index (χ4v) is 3.88. The summed E-state index contributed by atoms with van der Waals surface area (Å²) in [5.74, 6) is -0.499. The number of carboxylic acid groups (broad SMARTS) is 1. The summed E-state index contributed by atoms with van der Waals surface area (Å²) in [6, 6.07) is 18.6. The van der Waals surface area contributed by atoms with E-state index in [1.807, 2.05) is 12.1 Å². The van der Waals surface area contributed by atoms with Gasteiger partial charge in [0.2, 0.25) is 29.5 Å². The number of guanidine groups is 1. The summed E-state index contributed by atoms with van der Waals surface area (Å²) in [4.78, 5) is 34.8. The number of benzene rings is 2. The number of aromatic nitrogens is 3. The van der Waals surface area contributed by atoms with Crippen LogP contribution in [0.1, 0.15) is 33.8 Å². The summed E-state index contributed by atoms with van der Waals surface area (Å²) in [5, 5.41) is 20.8. The highest BCUT2D eigenvalue weighted by Crippen LogP contribution is 2.26. The minimum atomic E-state index is -1.14. The van der Waals surface area contributed by atoms with E-state index in [-0.39, 0.29) is 36.5 Å². The van der Waals surface area contributed by atoms with Gasteiger partial charge in [-0.15, -0.1) is 10.2 Å². The second-order valence-corrected chi connectivity index (χ2v) is 8.78. The van der Waals surface area contributed by atoms with Gasteiger partial charge < -0.3 is 19.6 Å². The number of carbonyl (C=O) groups excluding carboxylic acids is 1. The lowest BCUT2D eigenvalue weighted by atomic mass is 10.1. The number of aryl methyl sites for hydroxylation is 1. The SMILES string of the molecule is Cc1nnc(C2CN=C(Nc3ccc(Oc4cccc(C(=O)O)n4)cc3)N(Cc3ccc(Cl)cc3)C2=O)o1. The third kappa shape index (κ3) is 5.62. The van der Waals surface area contributed by atoms with E-state index in [4.69, 9.17) is 25.9 Å². The van der Waals surface area contributed by atoms with Crippen LogP contribution in [0.5, 0.6) is 11.6 Å². The number of pyridine rings is 1. The number of halogens is 1. The molecule has 3 heterocycles. The van der Waals surface area contributed by atoms with E-state index in [0.717, 1.165) is 5.56 Å². The smallest absolute Gasteiger partial charge is 0.354 e. The van der Waals surface area contributed by atoms with Crippen molar-refractivity contribution in [3.05, 3.63) is 94.8 Å². The largest absolute Gasteiger partial charge is 0.477 e. The normalized spacial score (nSPS) is 15.2. The predicted octanol–water partition coefficient (Wildman–Crippen LogP) is 4.51. The van der Waals surface area contributed by atoms with Gasteiger partial charge in [-0.1, -0.05) is 29.8 Å². The summed E-state index contributed by atoms with van der Waals surface area (Å²) in [6.07, 6.45) is 0. The molecule has 1 amide bonds. The Bertz CT molecular complexity index is 1500. The average molecular weight is 533 g/mol. The number of carboxylic acids is 1. The fraction of sp³-hybridized carbons (Fsp3) is 0.154. The lowest BCUT2D eigenvalue weighted by Gasteiger charge is -2.31. The second kappa shape index (κ2) is 10.7. The molecule has 2 N–H and O–H groups in total. The Balaban J connectivity index is 1.35. The summed E-state index contributed by atoms with van der Waals surface area (Å²) in [7, 11) is 0. The van der Waals surface area contributed by atoms with Crippen LogP contribution in [0.25, 0.3) is 0 Å². The molecule has 2 aromatic heterocycles. The van der Waals surface area contributed by atoms with Crippen LogP contribution in [0.15, 0.2) is 76.1 Å². The second-order valence-electron chi connectivity index (χ2n) is 8.34. The van der Waals surface area contributed by atoms with Crippen LogP contribution in [0.4, 0.5) is 5.69 Å². The molecule has 192 valence electrons. The molecule has 1 unspecified atom stereocenters. The molecule has 12 heteroatoms. The molecule has 0 bridgehead atoms. The van der Waals surface area contributed by atoms with Gasteiger partial charge in [0, 0.05) is 23.7 Å². The molecule has 2 aromatic carbocycles. The van der Waals surface area contributed by atoms with Gasteiger partial charge in [-0.3, -0.25) is 14.7 Å². The average Bonchev–Trinajstić information content (AvgIpc) is 3.34. The number of aliphatic imine (C=N–C) groups is 1. The highest BCUT2D eigenvalue weighted by molar-refractivity contribution is 6.30. The quantitative estimate of drug-likeness (QED) is 0.351. The van der Waals surface area contributed by atoms with Gasteiger partial charge in [-0.2, -0.15) is 0 Å². The summed E-state index contributed by atoms with van der Waals surface area (Å²) in [5.41, 5.74) is 1.40. The van der Waals surface area contributed by atoms with Crippen molar-refractivity contribution in [2.24, 2.45) is 4.99 Å². The predicted molar refractivity (Wildman–Crippen MR) is 137 cm³/mol. The van der Waals surface area contributed by atoms with Gasteiger partial charge in [0.1, 0.15) is 11.7 Å². The van der Waals surface area contributed by atoms with E-state index < -0.39 is 11.9 Å². The molecule has 4 aromatic rings. The van der Waals surface area contributed by atoms with E-state index in [2.05, 4.69) is 25.5 Å². The van der Waals surface area contributed by atoms with Gasteiger partial charge in [0.15, 0.2) is 5.69 Å². The number of ether oxygens (including phenoxy) is 1. The molecule has 0 aliphatic carbocycles. The zero-order chi connectivity index (χ0) is 26.6. The van der Waals surface area contributed by atoms with Crippen molar-refractivity contribution in [3.63, 3.8) is 0 Å². The van der Waals surface area contributed by atoms with Gasteiger partial charge in [-0.25, -0.2) is 9.78 Å². The Morgan fingerprint density at radius 3 is 2.58 bits per heavy atom. The number of nitrogens with zero attached hydrogens (tertiary/aromatic N) is 5. The first kappa shape index (κ1) is 24.9. The fourth-order valence-electron chi connectivity index (χ4n) is 3.75. The lowest BCUT2D eigenvalue weighted by molar-refractivity contribution is -0.130. The zero-order valence-electron chi connectivity index (χ0n) is 20.0. The van der Waals surface area contributed by atoms with E-state index in [0.29, 0.717) is 28.3 Å². The molecule has 1 atom stereocenters. The van der Waals surface area contributed by atoms with Gasteiger partial charge in [0.05, 0.1) is 13.1 Å². The van der Waals surface area contributed by atoms with Crippen LogP contribution in [-0.2, 0) is 11.3 Å². The summed E-state index contributed by atoms with van der Waals surface area (Å²) < 4.78 is 11.2. The van der Waals surface area contributed by atoms with Crippen molar-refractivity contribution in [1.29, 1.82) is 0 Å². The number of aromatic carboxylic acids is 1. The van der Waals surface area contributed by atoms with Gasteiger partial charge in [0.25, 0.3) is 0 Å². The Morgan fingerprint density at radius 1 is 1.13 bits per heavy atom. The molecule has 1 aliphatic rings. The van der Waals surface area contributed by atoms with Crippen molar-refractivity contribution in [2.75, 3.05) is 11.9 Å². The summed E-state index contributed by atoms with van der Waals surface area (Å²) >= 11 is 6.03. The van der Waals surface area contributed by atoms with Crippen LogP contribution in [0.3, 0.4) is 0 Å². The highest BCUT2D eigenvalue weighted by atomic mass is 35.5. The van der Waals surface area contributed by atoms with Crippen molar-refractivity contribution in [1.82, 2.24) is 20.1 Å². The molecule has 0 radical (unpaired) electrons. The minimum absolute atomic E-state index is 0.115. The Kier molecular flexibility index (Phi) is 7.00. The first-order valence-corrected chi connectivity index (χ1v) is 11.9. The van der Waals surface area contributed by atoms with E-state index in [1.165, 1.54) is 11.0 Å². The van der Waals surface area contributed by atoms with Crippen LogP contribution >= 0.6 is 11.6 Å². The number of hydrogen-bond acceptors (Lipinski definition) is 9. The highest BCUT2D eigenvalue weighted by Gasteiger charge is 2.36. The summed E-state index contributed by atoms with van der Waals surface area (Å²) in [6.45, 7) is 2.06. The van der Waals surface area contributed by atoms with Crippen molar-refractivity contribution >= 4 is 35.1 Å². The molecule has 5 rings (SSSR count). The molecule has 1 aliphatic heterocycles. The van der Waals surface area contributed by atoms with E-state index >= 15 is 0 Å². The molecule has 0 saturated heterocycles. The van der Waals surface area contributed by atoms with Crippen molar-refractivity contribution in [2.45, 2.75) is 19.4 Å². The molecule has 0 fully saturated rings. The minimum Gasteiger partial charge on any atom is -0.477 e. The third-order valence-corrected chi connectivity index (χ3v) is 5.86. The molecule has 0 saturated carbocycles. The molecule has 38 heavy (non-hydrogen) atoms. The monoisotopic (exact) mass is 532 g/mol. The number of nitrogens with one attached hydrogen (secondary N) is 1. The van der Waals surface area contributed by atoms with Gasteiger partial charge in [-0.05, 0) is 48.0 Å². The van der Waals surface area contributed by atoms with Crippen LogP contribution < -0.4 is 10.1 Å². The van der Waals surface area contributed by atoms with Gasteiger partial charge >= 0.3 is 5.97 Å². The first-order valence-electron chi connectivity index (χ1n) is 11.5. The number of hydrogen-bond donors (Lipinski definition) is 2. The number of carbonyl (C=O) groups is 2. The number of amides is 1. The molecule has 11 nitrogen and oxygen atoms in total. The maximum atomic E-state index is 13.5. The zero-order valence-corrected chi connectivity index (χ0v) is 20.8. The Labute approximate surface area is 221 Å². The van der Waals surface area contributed by atoms with Crippen molar-refractivity contribution in [3.8, 4) is 11.6 Å². The maximum absolute atomic E-state index is 13.5. The van der Waals surface area contributed by atoms with Crippen LogP contribution in [0, 0.1) is 6.92 Å². The number of anilines is 1. The first-order chi connectivity index (χ1) is 18.4. The Hall–Kier alpha value is -4.77. The van der Waals surface area contributed by atoms with E-state index in [1.54, 1.807) is 55.5 Å². The van der Waals surface area contributed by atoms with Crippen LogP contribution in [0.2, 0.25) is 5.02 Å². The van der Waals surface area contributed by atoms with Crippen LogP contribution in [-0.4, -0.2) is 49.6 Å². The Morgan fingerprint density at radius 2 is 1.89 bits per heavy atom. The number of rotatable bonds is 7. The lowest BCUT2D eigenvalue weighted by Crippen LogP contribution is -2.47. The van der Waals surface area contributed by atoms with Crippen molar-refractivity contribution < 1.29 is 23.8 Å². The molecule has 0 spiro atoms. The van der Waals surface area contributed by atoms with E-state index in [9.17, 15) is 9.59 Å². The standard InChI is InChI=1S/C26H21ClN6O5/c1-15-31-32-23(37-15)20-13-28-26(33(24(20)34)14-16-5-7-17(27)8-6-16)29-18-9-11-19(12-10-18)38-22-4-2-3-21(30-22)25(35)36/h2-12,20H,13-14H2,1H3,(H,28,29)(H,35,36). The topological polar surface area (TPSA) is 143 Å².